The van der Waals surface area contributed by atoms with Gasteiger partial charge in [-0.15, -0.1) is 0 Å². The third-order valence-corrected chi connectivity index (χ3v) is 7.22. The van der Waals surface area contributed by atoms with E-state index in [1.54, 1.807) is 12.1 Å². The number of benzene rings is 1. The fourth-order valence-electron chi connectivity index (χ4n) is 5.78. The van der Waals surface area contributed by atoms with Gasteiger partial charge in [-0.25, -0.2) is 4.39 Å². The number of carbonyl (C=O) groups excluding carboxylic acids is 1. The van der Waals surface area contributed by atoms with Crippen molar-refractivity contribution < 1.29 is 9.18 Å². The normalized spacial score (nSPS) is 32.8. The minimum Gasteiger partial charge on any atom is -0.354 e. The van der Waals surface area contributed by atoms with E-state index < -0.39 is 0 Å². The van der Waals surface area contributed by atoms with Gasteiger partial charge in [-0.2, -0.15) is 0 Å². The molecule has 0 saturated heterocycles. The molecule has 1 N–H and O–H groups in total. The van der Waals surface area contributed by atoms with Gasteiger partial charge in [0, 0.05) is 23.5 Å². The number of aromatic nitrogens is 1. The van der Waals surface area contributed by atoms with Crippen LogP contribution in [0, 0.1) is 22.6 Å². The van der Waals surface area contributed by atoms with Gasteiger partial charge in [-0.3, -0.25) is 9.78 Å². The van der Waals surface area contributed by atoms with Gasteiger partial charge in [-0.05, 0) is 86.1 Å². The van der Waals surface area contributed by atoms with Gasteiger partial charge >= 0.3 is 0 Å². The van der Waals surface area contributed by atoms with E-state index in [0.29, 0.717) is 5.92 Å². The Morgan fingerprint density at radius 2 is 1.81 bits per heavy atom. The summed E-state index contributed by atoms with van der Waals surface area (Å²) in [4.78, 5) is 17.0. The number of fused-ring (bicyclic) bond motifs is 2. The minimum absolute atomic E-state index is 0.106. The topological polar surface area (TPSA) is 42.0 Å². The van der Waals surface area contributed by atoms with Gasteiger partial charge in [0.15, 0.2) is 0 Å². The molecule has 3 nitrogen and oxygen atoms in total. The second-order valence-electron chi connectivity index (χ2n) is 9.56. The lowest BCUT2D eigenvalue weighted by Crippen LogP contribution is -2.35. The highest BCUT2D eigenvalue weighted by Gasteiger charge is 2.59. The lowest BCUT2D eigenvalue weighted by molar-refractivity contribution is -0.125. The molecular formula is C23H29FN2O. The van der Waals surface area contributed by atoms with Crippen molar-refractivity contribution in [1.82, 2.24) is 10.3 Å². The number of nitrogens with zero attached hydrogens (tertiary/aromatic N) is 1. The number of hydrogen-bond acceptors (Lipinski definition) is 2. The second-order valence-corrected chi connectivity index (χ2v) is 9.56. The summed E-state index contributed by atoms with van der Waals surface area (Å²) in [5, 5.41) is 4.03. The molecule has 1 amide bonds. The van der Waals surface area contributed by atoms with Gasteiger partial charge in [-0.1, -0.05) is 13.8 Å². The maximum Gasteiger partial charge on any atom is 0.223 e. The molecule has 27 heavy (non-hydrogen) atoms. The molecule has 2 saturated carbocycles. The Kier molecular flexibility index (Phi) is 4.28. The first-order valence-electron chi connectivity index (χ1n) is 10.1. The van der Waals surface area contributed by atoms with Crippen LogP contribution in [-0.2, 0) is 4.79 Å². The number of carbonyl (C=O) groups is 1. The Balaban J connectivity index is 1.62. The zero-order valence-electron chi connectivity index (χ0n) is 16.7. The predicted octanol–water partition coefficient (Wildman–Crippen LogP) is 5.20. The summed E-state index contributed by atoms with van der Waals surface area (Å²) < 4.78 is 13.9. The number of nitrogens with one attached hydrogen (secondary N) is 1. The molecule has 1 aromatic carbocycles. The smallest absolute Gasteiger partial charge is 0.223 e. The first-order chi connectivity index (χ1) is 12.7. The van der Waals surface area contributed by atoms with E-state index >= 15 is 0 Å². The summed E-state index contributed by atoms with van der Waals surface area (Å²) in [5.41, 5.74) is 2.34. The summed E-state index contributed by atoms with van der Waals surface area (Å²) in [6.45, 7) is 8.72. The van der Waals surface area contributed by atoms with Crippen molar-refractivity contribution in [2.75, 3.05) is 0 Å². The Morgan fingerprint density at radius 1 is 1.15 bits per heavy atom. The molecule has 4 atom stereocenters. The molecule has 4 heteroatoms. The molecule has 4 rings (SSSR count). The van der Waals surface area contributed by atoms with Crippen molar-refractivity contribution in [3.63, 3.8) is 0 Å². The highest BCUT2D eigenvalue weighted by atomic mass is 19.1. The molecular weight excluding hydrogens is 339 g/mol. The van der Waals surface area contributed by atoms with Crippen LogP contribution in [0.1, 0.15) is 64.9 Å². The molecule has 1 aromatic heterocycles. The maximum atomic E-state index is 13.9. The molecule has 2 aliphatic rings. The quantitative estimate of drug-likeness (QED) is 0.809. The molecule has 0 bridgehead atoms. The molecule has 2 aromatic rings. The first-order valence-corrected chi connectivity index (χ1v) is 10.1. The van der Waals surface area contributed by atoms with Crippen LogP contribution in [0.5, 0.6) is 0 Å². The largest absolute Gasteiger partial charge is 0.354 e. The molecule has 0 radical (unpaired) electrons. The summed E-state index contributed by atoms with van der Waals surface area (Å²) in [6, 6.07) is 7.10. The third-order valence-electron chi connectivity index (χ3n) is 7.22. The van der Waals surface area contributed by atoms with E-state index in [-0.39, 0.29) is 34.5 Å². The van der Waals surface area contributed by atoms with Crippen molar-refractivity contribution in [2.24, 2.45) is 16.7 Å². The van der Waals surface area contributed by atoms with Crippen LogP contribution in [0.15, 0.2) is 30.5 Å². The number of halogens is 1. The van der Waals surface area contributed by atoms with Crippen LogP contribution in [0.3, 0.4) is 0 Å². The molecule has 2 unspecified atom stereocenters. The van der Waals surface area contributed by atoms with E-state index in [9.17, 15) is 9.18 Å². The van der Waals surface area contributed by atoms with Crippen LogP contribution in [0.25, 0.3) is 10.9 Å². The van der Waals surface area contributed by atoms with Crippen LogP contribution in [0.4, 0.5) is 4.39 Å². The average molecular weight is 368 g/mol. The molecule has 2 aliphatic carbocycles. The van der Waals surface area contributed by atoms with Gasteiger partial charge in [0.05, 0.1) is 5.52 Å². The number of rotatable bonds is 3. The number of hydrogen-bond donors (Lipinski definition) is 1. The van der Waals surface area contributed by atoms with Gasteiger partial charge in [0.25, 0.3) is 0 Å². The van der Waals surface area contributed by atoms with Crippen molar-refractivity contribution in [2.45, 2.75) is 65.3 Å². The van der Waals surface area contributed by atoms with E-state index in [2.05, 4.69) is 30.2 Å². The lowest BCUT2D eigenvalue weighted by Gasteiger charge is -2.33. The summed E-state index contributed by atoms with van der Waals surface area (Å²) in [6.07, 6.45) is 5.81. The Morgan fingerprint density at radius 3 is 2.44 bits per heavy atom. The zero-order chi connectivity index (χ0) is 19.4. The fraction of sp³-hybridized carbons (Fsp3) is 0.565. The van der Waals surface area contributed by atoms with Crippen LogP contribution >= 0.6 is 0 Å². The van der Waals surface area contributed by atoms with Crippen LogP contribution in [0.2, 0.25) is 0 Å². The number of amides is 1. The van der Waals surface area contributed by atoms with Crippen LogP contribution in [-0.4, -0.2) is 16.9 Å². The average Bonchev–Trinajstić information content (AvgIpc) is 2.98. The van der Waals surface area contributed by atoms with E-state index in [1.807, 2.05) is 20.0 Å². The Hall–Kier alpha value is -1.97. The molecule has 144 valence electrons. The minimum atomic E-state index is -0.210. The fourth-order valence-corrected chi connectivity index (χ4v) is 5.78. The number of pyridine rings is 1. The Labute approximate surface area is 160 Å². The van der Waals surface area contributed by atoms with Crippen molar-refractivity contribution in [3.8, 4) is 0 Å². The molecule has 0 spiro atoms. The third kappa shape index (κ3) is 3.03. The van der Waals surface area contributed by atoms with E-state index in [4.69, 9.17) is 0 Å². The highest BCUT2D eigenvalue weighted by Crippen LogP contribution is 2.68. The standard InChI is InChI=1S/C23H29FN2O/c1-14(2)26-21(27)16-12-22(3)10-15(11-23(22,4)13-16)18-7-8-25-20-6-5-17(24)9-19(18)20/h5-9,14-16H,10-13H2,1-4H3,(H,26,27)/t15?,16?,22-,23+. The highest BCUT2D eigenvalue weighted by molar-refractivity contribution is 5.83. The summed E-state index contributed by atoms with van der Waals surface area (Å²) >= 11 is 0. The van der Waals surface area contributed by atoms with E-state index in [0.717, 1.165) is 36.6 Å². The van der Waals surface area contributed by atoms with Crippen LogP contribution < -0.4 is 5.32 Å². The Bertz CT molecular complexity index is 875. The lowest BCUT2D eigenvalue weighted by atomic mass is 9.71. The molecule has 0 aliphatic heterocycles. The van der Waals surface area contributed by atoms with Crippen molar-refractivity contribution in [3.05, 3.63) is 41.8 Å². The predicted molar refractivity (Wildman–Crippen MR) is 106 cm³/mol. The zero-order valence-corrected chi connectivity index (χ0v) is 16.7. The first kappa shape index (κ1) is 18.4. The monoisotopic (exact) mass is 368 g/mol. The summed E-state index contributed by atoms with van der Waals surface area (Å²) in [7, 11) is 0. The van der Waals surface area contributed by atoms with Gasteiger partial charge in [0.2, 0.25) is 5.91 Å². The SMILES string of the molecule is CC(C)NC(=O)C1C[C@@]2(C)CC(c3ccnc4ccc(F)cc34)C[C@@]2(C)C1. The van der Waals surface area contributed by atoms with Gasteiger partial charge < -0.3 is 5.32 Å². The van der Waals surface area contributed by atoms with Crippen molar-refractivity contribution >= 4 is 16.8 Å². The van der Waals surface area contributed by atoms with Gasteiger partial charge in [0.1, 0.15) is 5.82 Å². The summed E-state index contributed by atoms with van der Waals surface area (Å²) in [5.74, 6) is 0.490. The molecule has 2 fully saturated rings. The molecule has 1 heterocycles. The second kappa shape index (κ2) is 6.29. The maximum absolute atomic E-state index is 13.9. The van der Waals surface area contributed by atoms with Crippen molar-refractivity contribution in [1.29, 1.82) is 0 Å². The van der Waals surface area contributed by atoms with E-state index in [1.165, 1.54) is 11.6 Å².